The van der Waals surface area contributed by atoms with Crippen LogP contribution in [0.15, 0.2) is 10.9 Å². The molecule has 1 aliphatic rings. The third-order valence-electron chi connectivity index (χ3n) is 3.08. The van der Waals surface area contributed by atoms with Gasteiger partial charge in [0.2, 0.25) is 5.91 Å². The number of nitrogens with zero attached hydrogens (tertiary/aromatic N) is 1. The second-order valence-corrected chi connectivity index (χ2v) is 4.96. The van der Waals surface area contributed by atoms with E-state index in [0.717, 1.165) is 5.69 Å². The molecule has 2 rings (SSSR count). The summed E-state index contributed by atoms with van der Waals surface area (Å²) in [5, 5.41) is 13.5. The molecule has 1 amide bonds. The SMILES string of the molecule is O=C(O)[C@H]1CC[C@@H](C(=O)NCc2cscn2)C1. The molecular formula is C11H14N2O3S. The monoisotopic (exact) mass is 254 g/mol. The number of aromatic nitrogens is 1. The Kier molecular flexibility index (Phi) is 3.73. The minimum Gasteiger partial charge on any atom is -0.481 e. The molecule has 1 saturated carbocycles. The number of rotatable bonds is 4. The first-order valence-corrected chi connectivity index (χ1v) is 6.48. The van der Waals surface area contributed by atoms with E-state index in [1.165, 1.54) is 11.3 Å². The summed E-state index contributed by atoms with van der Waals surface area (Å²) in [5.41, 5.74) is 2.56. The van der Waals surface area contributed by atoms with Crippen molar-refractivity contribution in [2.24, 2.45) is 11.8 Å². The molecule has 1 aromatic heterocycles. The molecule has 0 aliphatic heterocycles. The van der Waals surface area contributed by atoms with Crippen molar-refractivity contribution in [1.82, 2.24) is 10.3 Å². The Hall–Kier alpha value is -1.43. The van der Waals surface area contributed by atoms with Crippen LogP contribution in [0, 0.1) is 11.8 Å². The van der Waals surface area contributed by atoms with Gasteiger partial charge in [-0.05, 0) is 19.3 Å². The summed E-state index contributed by atoms with van der Waals surface area (Å²) in [5.74, 6) is -1.36. The fourth-order valence-electron chi connectivity index (χ4n) is 2.09. The number of aliphatic carboxylic acids is 1. The van der Waals surface area contributed by atoms with Gasteiger partial charge in [-0.25, -0.2) is 4.98 Å². The van der Waals surface area contributed by atoms with Crippen molar-refractivity contribution < 1.29 is 14.7 Å². The Bertz CT molecular complexity index is 405. The Labute approximate surface area is 103 Å². The molecule has 0 radical (unpaired) electrons. The summed E-state index contributed by atoms with van der Waals surface area (Å²) in [6.07, 6.45) is 1.72. The van der Waals surface area contributed by atoms with E-state index in [1.807, 2.05) is 5.38 Å². The number of nitrogens with one attached hydrogen (secondary N) is 1. The molecule has 1 aliphatic carbocycles. The van der Waals surface area contributed by atoms with Crippen molar-refractivity contribution in [3.63, 3.8) is 0 Å². The minimum absolute atomic E-state index is 0.0539. The van der Waals surface area contributed by atoms with Gasteiger partial charge >= 0.3 is 5.97 Å². The summed E-state index contributed by atoms with van der Waals surface area (Å²) < 4.78 is 0. The third-order valence-corrected chi connectivity index (χ3v) is 3.72. The van der Waals surface area contributed by atoms with Crippen LogP contribution in [-0.2, 0) is 16.1 Å². The molecule has 2 atom stereocenters. The van der Waals surface area contributed by atoms with Gasteiger partial charge in [0.25, 0.3) is 0 Å². The Morgan fingerprint density at radius 2 is 2.24 bits per heavy atom. The van der Waals surface area contributed by atoms with Gasteiger partial charge in [-0.1, -0.05) is 0 Å². The van der Waals surface area contributed by atoms with Crippen molar-refractivity contribution in [2.75, 3.05) is 0 Å². The van der Waals surface area contributed by atoms with E-state index in [0.29, 0.717) is 25.8 Å². The van der Waals surface area contributed by atoms with Crippen LogP contribution in [0.4, 0.5) is 0 Å². The maximum atomic E-state index is 11.8. The van der Waals surface area contributed by atoms with Crippen LogP contribution in [0.1, 0.15) is 25.0 Å². The summed E-state index contributed by atoms with van der Waals surface area (Å²) in [6.45, 7) is 0.427. The van der Waals surface area contributed by atoms with Crippen molar-refractivity contribution in [1.29, 1.82) is 0 Å². The van der Waals surface area contributed by atoms with Gasteiger partial charge in [0, 0.05) is 11.3 Å². The first-order chi connectivity index (χ1) is 8.16. The second-order valence-electron chi connectivity index (χ2n) is 4.24. The van der Waals surface area contributed by atoms with E-state index >= 15 is 0 Å². The highest BCUT2D eigenvalue weighted by Crippen LogP contribution is 2.31. The smallest absolute Gasteiger partial charge is 0.306 e. The summed E-state index contributed by atoms with van der Waals surface area (Å²) in [7, 11) is 0. The van der Waals surface area contributed by atoms with Gasteiger partial charge in [-0.15, -0.1) is 11.3 Å². The number of amides is 1. The molecule has 0 saturated heterocycles. The number of carbonyl (C=O) groups excluding carboxylic acids is 1. The molecule has 0 spiro atoms. The first kappa shape index (κ1) is 12.0. The maximum absolute atomic E-state index is 11.8. The molecule has 0 unspecified atom stereocenters. The predicted octanol–water partition coefficient (Wildman–Crippen LogP) is 1.26. The van der Waals surface area contributed by atoms with E-state index < -0.39 is 5.97 Å². The van der Waals surface area contributed by atoms with Crippen LogP contribution in [0.3, 0.4) is 0 Å². The number of hydrogen-bond acceptors (Lipinski definition) is 4. The van der Waals surface area contributed by atoms with E-state index in [2.05, 4.69) is 10.3 Å². The highest BCUT2D eigenvalue weighted by molar-refractivity contribution is 7.07. The van der Waals surface area contributed by atoms with Gasteiger partial charge in [-0.2, -0.15) is 0 Å². The largest absolute Gasteiger partial charge is 0.481 e. The van der Waals surface area contributed by atoms with E-state index in [1.54, 1.807) is 5.51 Å². The number of carboxylic acid groups (broad SMARTS) is 1. The highest BCUT2D eigenvalue weighted by Gasteiger charge is 2.33. The van der Waals surface area contributed by atoms with Crippen LogP contribution in [-0.4, -0.2) is 22.0 Å². The molecule has 1 fully saturated rings. The average Bonchev–Trinajstić information content (AvgIpc) is 2.96. The number of carbonyl (C=O) groups is 2. The lowest BCUT2D eigenvalue weighted by atomic mass is 10.0. The third kappa shape index (κ3) is 3.03. The zero-order valence-corrected chi connectivity index (χ0v) is 10.1. The van der Waals surface area contributed by atoms with Crippen LogP contribution in [0.25, 0.3) is 0 Å². The molecule has 5 nitrogen and oxygen atoms in total. The van der Waals surface area contributed by atoms with Gasteiger partial charge < -0.3 is 10.4 Å². The lowest BCUT2D eigenvalue weighted by molar-refractivity contribution is -0.141. The summed E-state index contributed by atoms with van der Waals surface area (Å²) >= 11 is 1.49. The van der Waals surface area contributed by atoms with Gasteiger partial charge in [-0.3, -0.25) is 9.59 Å². The van der Waals surface area contributed by atoms with Gasteiger partial charge in [0.05, 0.1) is 23.7 Å². The van der Waals surface area contributed by atoms with Crippen LogP contribution in [0.2, 0.25) is 0 Å². The van der Waals surface area contributed by atoms with Gasteiger partial charge in [0.1, 0.15) is 0 Å². The molecule has 2 N–H and O–H groups in total. The zero-order chi connectivity index (χ0) is 12.3. The topological polar surface area (TPSA) is 79.3 Å². The van der Waals surface area contributed by atoms with Crippen LogP contribution >= 0.6 is 11.3 Å². The highest BCUT2D eigenvalue weighted by atomic mass is 32.1. The van der Waals surface area contributed by atoms with Crippen molar-refractivity contribution in [2.45, 2.75) is 25.8 Å². The molecular weight excluding hydrogens is 240 g/mol. The molecule has 1 heterocycles. The predicted molar refractivity (Wildman–Crippen MR) is 62.4 cm³/mol. The fraction of sp³-hybridized carbons (Fsp3) is 0.545. The molecule has 17 heavy (non-hydrogen) atoms. The average molecular weight is 254 g/mol. The molecule has 92 valence electrons. The second kappa shape index (κ2) is 5.27. The van der Waals surface area contributed by atoms with Crippen LogP contribution in [0.5, 0.6) is 0 Å². The fourth-order valence-corrected chi connectivity index (χ4v) is 2.65. The minimum atomic E-state index is -0.792. The lowest BCUT2D eigenvalue weighted by Gasteiger charge is -2.09. The van der Waals surface area contributed by atoms with E-state index in [-0.39, 0.29) is 17.7 Å². The summed E-state index contributed by atoms with van der Waals surface area (Å²) in [4.78, 5) is 26.6. The number of thiazole rings is 1. The maximum Gasteiger partial charge on any atom is 0.306 e. The number of hydrogen-bond donors (Lipinski definition) is 2. The van der Waals surface area contributed by atoms with Crippen molar-refractivity contribution in [3.05, 3.63) is 16.6 Å². The Morgan fingerprint density at radius 3 is 2.82 bits per heavy atom. The molecule has 0 bridgehead atoms. The molecule has 1 aromatic rings. The molecule has 6 heteroatoms. The van der Waals surface area contributed by atoms with Crippen LogP contribution < -0.4 is 5.32 Å². The van der Waals surface area contributed by atoms with Crippen molar-refractivity contribution in [3.8, 4) is 0 Å². The first-order valence-electron chi connectivity index (χ1n) is 5.54. The zero-order valence-electron chi connectivity index (χ0n) is 9.26. The van der Waals surface area contributed by atoms with E-state index in [9.17, 15) is 9.59 Å². The Morgan fingerprint density at radius 1 is 1.47 bits per heavy atom. The molecule has 0 aromatic carbocycles. The van der Waals surface area contributed by atoms with Crippen molar-refractivity contribution >= 4 is 23.2 Å². The summed E-state index contributed by atoms with van der Waals surface area (Å²) in [6, 6.07) is 0. The Balaban J connectivity index is 1.79. The van der Waals surface area contributed by atoms with E-state index in [4.69, 9.17) is 5.11 Å². The lowest BCUT2D eigenvalue weighted by Crippen LogP contribution is -2.29. The quantitative estimate of drug-likeness (QED) is 0.847. The standard InChI is InChI=1S/C11H14N2O3S/c14-10(12-4-9-5-17-6-13-9)7-1-2-8(3-7)11(15)16/h5-8H,1-4H2,(H,12,14)(H,15,16)/t7-,8+/m1/s1. The normalized spacial score (nSPS) is 23.5. The van der Waals surface area contributed by atoms with Gasteiger partial charge in [0.15, 0.2) is 0 Å². The number of carboxylic acids is 1.